The summed E-state index contributed by atoms with van der Waals surface area (Å²) in [5.74, 6) is -0.445. The molecular formula is C13H18O3. The summed E-state index contributed by atoms with van der Waals surface area (Å²) < 4.78 is 0. The summed E-state index contributed by atoms with van der Waals surface area (Å²) in [6, 6.07) is 7.26. The van der Waals surface area contributed by atoms with Gasteiger partial charge in [0.2, 0.25) is 0 Å². The van der Waals surface area contributed by atoms with Gasteiger partial charge < -0.3 is 0 Å². The third-order valence-electron chi connectivity index (χ3n) is 2.56. The highest BCUT2D eigenvalue weighted by Gasteiger charge is 2.20. The molecule has 0 unspecified atom stereocenters. The highest BCUT2D eigenvalue weighted by molar-refractivity contribution is 5.90. The van der Waals surface area contributed by atoms with E-state index in [0.717, 1.165) is 12.0 Å². The fourth-order valence-corrected chi connectivity index (χ4v) is 1.06. The first-order valence-electron chi connectivity index (χ1n) is 5.42. The standard InChI is InChI=1S/C13H18O3/c1-5-13(3,4)16-15-12(14)11-9-7-6-8-10(11)2/h6-9H,5H2,1-4H3. The summed E-state index contributed by atoms with van der Waals surface area (Å²) in [6.45, 7) is 7.58. The lowest BCUT2D eigenvalue weighted by atomic mass is 10.1. The molecule has 0 atom stereocenters. The van der Waals surface area contributed by atoms with Crippen molar-refractivity contribution in [3.63, 3.8) is 0 Å². The van der Waals surface area contributed by atoms with E-state index in [4.69, 9.17) is 9.78 Å². The molecule has 3 heteroatoms. The third-order valence-corrected chi connectivity index (χ3v) is 2.56. The Balaban J connectivity index is 2.64. The second kappa shape index (κ2) is 5.12. The van der Waals surface area contributed by atoms with Gasteiger partial charge >= 0.3 is 5.97 Å². The number of benzene rings is 1. The maximum atomic E-state index is 11.7. The minimum atomic E-state index is -0.446. The Bertz CT molecular complexity index is 369. The fourth-order valence-electron chi connectivity index (χ4n) is 1.06. The summed E-state index contributed by atoms with van der Waals surface area (Å²) in [5, 5.41) is 0. The Morgan fingerprint density at radius 1 is 1.31 bits per heavy atom. The van der Waals surface area contributed by atoms with Gasteiger partial charge in [0.25, 0.3) is 0 Å². The third kappa shape index (κ3) is 3.35. The van der Waals surface area contributed by atoms with Crippen LogP contribution in [0.5, 0.6) is 0 Å². The topological polar surface area (TPSA) is 35.5 Å². The van der Waals surface area contributed by atoms with Crippen LogP contribution >= 0.6 is 0 Å². The molecule has 0 amide bonds. The quantitative estimate of drug-likeness (QED) is 0.579. The maximum Gasteiger partial charge on any atom is 0.373 e. The van der Waals surface area contributed by atoms with Crippen LogP contribution in [0.3, 0.4) is 0 Å². The van der Waals surface area contributed by atoms with Crippen molar-refractivity contribution in [3.8, 4) is 0 Å². The summed E-state index contributed by atoms with van der Waals surface area (Å²) in [7, 11) is 0. The Labute approximate surface area is 96.3 Å². The van der Waals surface area contributed by atoms with Crippen molar-refractivity contribution in [2.75, 3.05) is 0 Å². The maximum absolute atomic E-state index is 11.7. The van der Waals surface area contributed by atoms with Crippen LogP contribution in [0.15, 0.2) is 24.3 Å². The largest absolute Gasteiger partial charge is 0.373 e. The molecule has 0 bridgehead atoms. The molecule has 88 valence electrons. The molecule has 0 aliphatic rings. The van der Waals surface area contributed by atoms with E-state index in [1.165, 1.54) is 0 Å². The Morgan fingerprint density at radius 2 is 1.94 bits per heavy atom. The van der Waals surface area contributed by atoms with Crippen molar-refractivity contribution in [1.29, 1.82) is 0 Å². The number of hydrogen-bond donors (Lipinski definition) is 0. The van der Waals surface area contributed by atoms with Crippen LogP contribution in [0.25, 0.3) is 0 Å². The summed E-state index contributed by atoms with van der Waals surface area (Å²) in [5.41, 5.74) is 0.970. The molecule has 16 heavy (non-hydrogen) atoms. The second-order valence-electron chi connectivity index (χ2n) is 4.38. The minimum absolute atomic E-state index is 0.445. The van der Waals surface area contributed by atoms with Gasteiger partial charge in [0, 0.05) is 0 Å². The van der Waals surface area contributed by atoms with Crippen molar-refractivity contribution < 1.29 is 14.6 Å². The molecule has 1 rings (SSSR count). The normalized spacial score (nSPS) is 11.2. The summed E-state index contributed by atoms with van der Waals surface area (Å²) >= 11 is 0. The number of carbonyl (C=O) groups is 1. The molecule has 0 spiro atoms. The van der Waals surface area contributed by atoms with Crippen LogP contribution in [0.1, 0.15) is 43.1 Å². The zero-order valence-electron chi connectivity index (χ0n) is 10.2. The second-order valence-corrected chi connectivity index (χ2v) is 4.38. The molecule has 0 aromatic heterocycles. The number of rotatable bonds is 4. The summed E-state index contributed by atoms with van der Waals surface area (Å²) in [4.78, 5) is 21.6. The summed E-state index contributed by atoms with van der Waals surface area (Å²) in [6.07, 6.45) is 0.772. The zero-order valence-corrected chi connectivity index (χ0v) is 10.2. The van der Waals surface area contributed by atoms with Gasteiger partial charge in [-0.1, -0.05) is 25.1 Å². The van der Waals surface area contributed by atoms with E-state index in [-0.39, 0.29) is 0 Å². The van der Waals surface area contributed by atoms with Crippen molar-refractivity contribution in [2.24, 2.45) is 0 Å². The first kappa shape index (κ1) is 12.7. The number of hydrogen-bond acceptors (Lipinski definition) is 3. The fraction of sp³-hybridized carbons (Fsp3) is 0.462. The van der Waals surface area contributed by atoms with E-state index < -0.39 is 11.6 Å². The van der Waals surface area contributed by atoms with E-state index >= 15 is 0 Å². The lowest BCUT2D eigenvalue weighted by Gasteiger charge is -2.20. The first-order chi connectivity index (χ1) is 7.46. The van der Waals surface area contributed by atoms with Crippen LogP contribution in [-0.4, -0.2) is 11.6 Å². The monoisotopic (exact) mass is 222 g/mol. The van der Waals surface area contributed by atoms with Gasteiger partial charge in [-0.2, -0.15) is 4.89 Å². The van der Waals surface area contributed by atoms with Crippen molar-refractivity contribution >= 4 is 5.97 Å². The van der Waals surface area contributed by atoms with Crippen molar-refractivity contribution in [1.82, 2.24) is 0 Å². The molecule has 0 saturated carbocycles. The van der Waals surface area contributed by atoms with Crippen molar-refractivity contribution in [3.05, 3.63) is 35.4 Å². The van der Waals surface area contributed by atoms with Gasteiger partial charge in [-0.05, 0) is 38.8 Å². The molecule has 0 aliphatic heterocycles. The molecule has 0 aliphatic carbocycles. The molecule has 0 N–H and O–H groups in total. The minimum Gasteiger partial charge on any atom is -0.292 e. The predicted octanol–water partition coefficient (Wildman–Crippen LogP) is 3.27. The van der Waals surface area contributed by atoms with Gasteiger partial charge in [-0.25, -0.2) is 4.79 Å². The van der Waals surface area contributed by atoms with Gasteiger partial charge in [0.15, 0.2) is 0 Å². The van der Waals surface area contributed by atoms with Crippen LogP contribution in [0.2, 0.25) is 0 Å². The number of aryl methyl sites for hydroxylation is 1. The van der Waals surface area contributed by atoms with Crippen LogP contribution in [0.4, 0.5) is 0 Å². The van der Waals surface area contributed by atoms with Crippen LogP contribution in [0, 0.1) is 6.92 Å². The van der Waals surface area contributed by atoms with Gasteiger partial charge in [0.05, 0.1) is 5.56 Å². The van der Waals surface area contributed by atoms with E-state index in [9.17, 15) is 4.79 Å². The zero-order chi connectivity index (χ0) is 12.2. The smallest absolute Gasteiger partial charge is 0.292 e. The molecule has 0 radical (unpaired) electrons. The molecule has 0 saturated heterocycles. The molecule has 0 fully saturated rings. The molecular weight excluding hydrogens is 204 g/mol. The highest BCUT2D eigenvalue weighted by atomic mass is 17.2. The van der Waals surface area contributed by atoms with Crippen LogP contribution < -0.4 is 0 Å². The number of carbonyl (C=O) groups excluding carboxylic acids is 1. The molecule has 1 aromatic carbocycles. The Kier molecular flexibility index (Phi) is 4.07. The molecule has 1 aromatic rings. The van der Waals surface area contributed by atoms with Crippen LogP contribution in [-0.2, 0) is 9.78 Å². The Hall–Kier alpha value is -1.35. The highest BCUT2D eigenvalue weighted by Crippen LogP contribution is 2.16. The predicted molar refractivity (Wildman–Crippen MR) is 62.0 cm³/mol. The SMILES string of the molecule is CCC(C)(C)OOC(=O)c1ccccc1C. The van der Waals surface area contributed by atoms with E-state index in [0.29, 0.717) is 5.56 Å². The molecule has 0 heterocycles. The van der Waals surface area contributed by atoms with E-state index in [2.05, 4.69) is 0 Å². The van der Waals surface area contributed by atoms with Crippen molar-refractivity contribution in [2.45, 2.75) is 39.7 Å². The van der Waals surface area contributed by atoms with Gasteiger partial charge in [-0.15, -0.1) is 0 Å². The average Bonchev–Trinajstić information content (AvgIpc) is 2.27. The lowest BCUT2D eigenvalue weighted by Crippen LogP contribution is -2.25. The lowest BCUT2D eigenvalue weighted by molar-refractivity contribution is -0.307. The van der Waals surface area contributed by atoms with Gasteiger partial charge in [0.1, 0.15) is 5.60 Å². The van der Waals surface area contributed by atoms with Gasteiger partial charge in [-0.3, -0.25) is 4.89 Å². The first-order valence-corrected chi connectivity index (χ1v) is 5.42. The molecule has 3 nitrogen and oxygen atoms in total. The van der Waals surface area contributed by atoms with E-state index in [1.807, 2.05) is 39.8 Å². The average molecular weight is 222 g/mol. The Morgan fingerprint density at radius 3 is 2.50 bits per heavy atom. The van der Waals surface area contributed by atoms with E-state index in [1.54, 1.807) is 12.1 Å².